The molecule has 0 rings (SSSR count). The minimum Gasteiger partial charge on any atom is -0.314 e. The Morgan fingerprint density at radius 3 is 2.13 bits per heavy atom. The Bertz CT molecular complexity index is 123. The summed E-state index contributed by atoms with van der Waals surface area (Å²) in [6.45, 7) is 10.4. The average molecular weight is 213 g/mol. The monoisotopic (exact) mass is 213 g/mol. The predicted molar refractivity (Wildman–Crippen MR) is 70.3 cm³/mol. The summed E-state index contributed by atoms with van der Waals surface area (Å²) < 4.78 is 0. The molecular weight excluding hydrogens is 182 g/mol. The van der Waals surface area contributed by atoms with E-state index in [1.165, 1.54) is 51.5 Å². The lowest BCUT2D eigenvalue weighted by Crippen LogP contribution is -2.35. The lowest BCUT2D eigenvalue weighted by atomic mass is 9.92. The van der Waals surface area contributed by atoms with Crippen molar-refractivity contribution in [2.75, 3.05) is 6.54 Å². The summed E-state index contributed by atoms with van der Waals surface area (Å²) in [6, 6.07) is 0.756. The van der Waals surface area contributed by atoms with Gasteiger partial charge >= 0.3 is 0 Å². The fourth-order valence-corrected chi connectivity index (χ4v) is 2.15. The Balaban J connectivity index is 3.75. The molecule has 0 heterocycles. The van der Waals surface area contributed by atoms with E-state index >= 15 is 0 Å². The number of nitrogens with one attached hydrogen (secondary N) is 1. The van der Waals surface area contributed by atoms with Gasteiger partial charge in [-0.1, -0.05) is 53.4 Å². The molecule has 0 aromatic rings. The summed E-state index contributed by atoms with van der Waals surface area (Å²) in [7, 11) is 0. The number of hydrogen-bond donors (Lipinski definition) is 1. The molecule has 0 aromatic heterocycles. The van der Waals surface area contributed by atoms with E-state index in [1.54, 1.807) is 0 Å². The van der Waals surface area contributed by atoms with Crippen LogP contribution >= 0.6 is 0 Å². The molecule has 0 saturated carbocycles. The summed E-state index contributed by atoms with van der Waals surface area (Å²) in [6.07, 6.45) is 9.44. The number of unbranched alkanes of at least 4 members (excludes halogenated alkanes) is 2. The fraction of sp³-hybridized carbons (Fsp3) is 1.00. The van der Waals surface area contributed by atoms with Gasteiger partial charge in [-0.2, -0.15) is 0 Å². The largest absolute Gasteiger partial charge is 0.314 e. The molecule has 0 aliphatic rings. The standard InChI is InChI=1S/C14H31N/c1-5-8-9-11-13(4)14(10-6-2)15-12-7-3/h13-15H,5-12H2,1-4H3. The Kier molecular flexibility index (Phi) is 10.4. The predicted octanol–water partition coefficient (Wildman–Crippen LogP) is 4.37. The van der Waals surface area contributed by atoms with Gasteiger partial charge in [0.2, 0.25) is 0 Å². The molecule has 1 nitrogen and oxygen atoms in total. The van der Waals surface area contributed by atoms with Crippen molar-refractivity contribution in [3.8, 4) is 0 Å². The molecule has 0 aromatic carbocycles. The van der Waals surface area contributed by atoms with Gasteiger partial charge in [0.05, 0.1) is 0 Å². The Hall–Kier alpha value is -0.0400. The smallest absolute Gasteiger partial charge is 0.00925 e. The Morgan fingerprint density at radius 1 is 0.867 bits per heavy atom. The first-order chi connectivity index (χ1) is 7.26. The lowest BCUT2D eigenvalue weighted by molar-refractivity contribution is 0.329. The second-order valence-corrected chi connectivity index (χ2v) is 4.82. The van der Waals surface area contributed by atoms with E-state index in [2.05, 4.69) is 33.0 Å². The number of hydrogen-bond acceptors (Lipinski definition) is 1. The highest BCUT2D eigenvalue weighted by atomic mass is 14.9. The van der Waals surface area contributed by atoms with Gasteiger partial charge in [0.25, 0.3) is 0 Å². The van der Waals surface area contributed by atoms with Crippen molar-refractivity contribution < 1.29 is 0 Å². The van der Waals surface area contributed by atoms with Crippen LogP contribution in [0.3, 0.4) is 0 Å². The third-order valence-corrected chi connectivity index (χ3v) is 3.21. The van der Waals surface area contributed by atoms with Crippen LogP contribution in [0.15, 0.2) is 0 Å². The third-order valence-electron chi connectivity index (χ3n) is 3.21. The molecule has 15 heavy (non-hydrogen) atoms. The van der Waals surface area contributed by atoms with Crippen LogP contribution in [0.5, 0.6) is 0 Å². The van der Waals surface area contributed by atoms with E-state index in [0.717, 1.165) is 12.0 Å². The molecule has 0 spiro atoms. The second kappa shape index (κ2) is 10.5. The van der Waals surface area contributed by atoms with Gasteiger partial charge in [-0.3, -0.25) is 0 Å². The SMILES string of the molecule is CCCCCC(C)C(CCC)NCCC. The molecule has 0 aliphatic carbocycles. The van der Waals surface area contributed by atoms with Gasteiger partial charge in [-0.25, -0.2) is 0 Å². The molecule has 2 unspecified atom stereocenters. The van der Waals surface area contributed by atoms with Gasteiger partial charge in [0, 0.05) is 6.04 Å². The summed E-state index contributed by atoms with van der Waals surface area (Å²) in [4.78, 5) is 0. The van der Waals surface area contributed by atoms with Crippen LogP contribution in [-0.2, 0) is 0 Å². The van der Waals surface area contributed by atoms with E-state index in [1.807, 2.05) is 0 Å². The average Bonchev–Trinajstić information content (AvgIpc) is 2.24. The normalized spacial score (nSPS) is 15.2. The first kappa shape index (κ1) is 15.0. The van der Waals surface area contributed by atoms with Gasteiger partial charge < -0.3 is 5.32 Å². The van der Waals surface area contributed by atoms with Gasteiger partial charge in [0.15, 0.2) is 0 Å². The molecule has 0 fully saturated rings. The summed E-state index contributed by atoms with van der Waals surface area (Å²) in [5, 5.41) is 3.70. The molecule has 0 aliphatic heterocycles. The topological polar surface area (TPSA) is 12.0 Å². The zero-order valence-corrected chi connectivity index (χ0v) is 11.3. The highest BCUT2D eigenvalue weighted by Crippen LogP contribution is 2.16. The molecule has 1 N–H and O–H groups in total. The van der Waals surface area contributed by atoms with Crippen molar-refractivity contribution in [2.24, 2.45) is 5.92 Å². The second-order valence-electron chi connectivity index (χ2n) is 4.82. The fourth-order valence-electron chi connectivity index (χ4n) is 2.15. The minimum atomic E-state index is 0.756. The van der Waals surface area contributed by atoms with Crippen molar-refractivity contribution in [3.63, 3.8) is 0 Å². The minimum absolute atomic E-state index is 0.756. The quantitative estimate of drug-likeness (QED) is 0.531. The van der Waals surface area contributed by atoms with E-state index < -0.39 is 0 Å². The molecule has 0 bridgehead atoms. The van der Waals surface area contributed by atoms with Crippen LogP contribution in [0.4, 0.5) is 0 Å². The van der Waals surface area contributed by atoms with E-state index in [4.69, 9.17) is 0 Å². The summed E-state index contributed by atoms with van der Waals surface area (Å²) in [5.41, 5.74) is 0. The van der Waals surface area contributed by atoms with Crippen LogP contribution in [0.1, 0.15) is 72.6 Å². The van der Waals surface area contributed by atoms with Crippen molar-refractivity contribution in [2.45, 2.75) is 78.7 Å². The first-order valence-corrected chi connectivity index (χ1v) is 6.99. The Labute approximate surface area is 97.0 Å². The van der Waals surface area contributed by atoms with Gasteiger partial charge in [-0.05, 0) is 31.7 Å². The molecule has 92 valence electrons. The lowest BCUT2D eigenvalue weighted by Gasteiger charge is -2.25. The maximum absolute atomic E-state index is 3.70. The van der Waals surface area contributed by atoms with E-state index in [-0.39, 0.29) is 0 Å². The van der Waals surface area contributed by atoms with Crippen molar-refractivity contribution >= 4 is 0 Å². The summed E-state index contributed by atoms with van der Waals surface area (Å²) in [5.74, 6) is 0.850. The Morgan fingerprint density at radius 2 is 1.60 bits per heavy atom. The molecular formula is C14H31N. The molecule has 0 amide bonds. The zero-order valence-electron chi connectivity index (χ0n) is 11.3. The van der Waals surface area contributed by atoms with E-state index in [0.29, 0.717) is 0 Å². The maximum atomic E-state index is 3.70. The summed E-state index contributed by atoms with van der Waals surface area (Å²) >= 11 is 0. The van der Waals surface area contributed by atoms with Crippen molar-refractivity contribution in [1.29, 1.82) is 0 Å². The third kappa shape index (κ3) is 7.84. The van der Waals surface area contributed by atoms with Gasteiger partial charge in [-0.15, -0.1) is 0 Å². The van der Waals surface area contributed by atoms with Crippen molar-refractivity contribution in [1.82, 2.24) is 5.32 Å². The maximum Gasteiger partial charge on any atom is 0.00925 e. The molecule has 1 heteroatoms. The molecule has 0 radical (unpaired) electrons. The van der Waals surface area contributed by atoms with Crippen LogP contribution in [0.25, 0.3) is 0 Å². The number of rotatable bonds is 10. The van der Waals surface area contributed by atoms with Crippen LogP contribution < -0.4 is 5.32 Å². The van der Waals surface area contributed by atoms with Crippen LogP contribution in [0, 0.1) is 5.92 Å². The van der Waals surface area contributed by atoms with Crippen LogP contribution in [0.2, 0.25) is 0 Å². The molecule has 2 atom stereocenters. The highest BCUT2D eigenvalue weighted by Gasteiger charge is 2.14. The van der Waals surface area contributed by atoms with Gasteiger partial charge in [0.1, 0.15) is 0 Å². The first-order valence-electron chi connectivity index (χ1n) is 6.99. The van der Waals surface area contributed by atoms with Crippen molar-refractivity contribution in [3.05, 3.63) is 0 Å². The van der Waals surface area contributed by atoms with Crippen LogP contribution in [-0.4, -0.2) is 12.6 Å². The van der Waals surface area contributed by atoms with E-state index in [9.17, 15) is 0 Å². The highest BCUT2D eigenvalue weighted by molar-refractivity contribution is 4.72. The molecule has 0 saturated heterocycles. The zero-order chi connectivity index (χ0) is 11.5.